The lowest BCUT2D eigenvalue weighted by molar-refractivity contribution is 0.506. The molecule has 0 bridgehead atoms. The lowest BCUT2D eigenvalue weighted by Crippen LogP contribution is -2.01. The summed E-state index contributed by atoms with van der Waals surface area (Å²) in [5.41, 5.74) is 1.39. The Kier molecular flexibility index (Phi) is 3.95. The normalized spacial score (nSPS) is 11.1. The topological polar surface area (TPSA) is 54.4 Å². The highest BCUT2D eigenvalue weighted by molar-refractivity contribution is 7.91. The maximum absolute atomic E-state index is 12.4. The van der Waals surface area contributed by atoms with Gasteiger partial charge in [-0.15, -0.1) is 0 Å². The summed E-state index contributed by atoms with van der Waals surface area (Å²) in [6.07, 6.45) is 0. The molecule has 2 aromatic rings. The molecule has 0 fully saturated rings. The summed E-state index contributed by atoms with van der Waals surface area (Å²) in [4.78, 5) is 0.480. The van der Waals surface area contributed by atoms with Gasteiger partial charge < -0.3 is 5.11 Å². The van der Waals surface area contributed by atoms with Gasteiger partial charge in [-0.05, 0) is 55.8 Å². The molecule has 104 valence electrons. The molecule has 0 atom stereocenters. The fraction of sp³-hybridized carbons (Fsp3) is 0.125. The summed E-state index contributed by atoms with van der Waals surface area (Å²) in [6, 6.07) is 14.5. The lowest BCUT2D eigenvalue weighted by Gasteiger charge is -2.06. The van der Waals surface area contributed by atoms with Crippen molar-refractivity contribution in [2.24, 2.45) is 0 Å². The molecule has 4 heteroatoms. The largest absolute Gasteiger partial charge is 0.507 e. The highest BCUT2D eigenvalue weighted by Gasteiger charge is 2.17. The van der Waals surface area contributed by atoms with Crippen LogP contribution in [0.1, 0.15) is 19.4 Å². The summed E-state index contributed by atoms with van der Waals surface area (Å²) in [5.74, 6) is 0.175. The number of benzene rings is 2. The Balaban J connectivity index is 2.43. The molecule has 20 heavy (non-hydrogen) atoms. The monoisotopic (exact) mass is 288 g/mol. The molecule has 0 saturated carbocycles. The Morgan fingerprint density at radius 1 is 0.850 bits per heavy atom. The number of hydrogen-bond acceptors (Lipinski definition) is 3. The second kappa shape index (κ2) is 5.51. The van der Waals surface area contributed by atoms with Crippen molar-refractivity contribution in [3.8, 4) is 0 Å². The number of allylic oxidation sites excluding steroid dienone is 1. The molecule has 0 amide bonds. The first-order valence-electron chi connectivity index (χ1n) is 6.20. The second-order valence-electron chi connectivity index (χ2n) is 4.69. The van der Waals surface area contributed by atoms with Gasteiger partial charge in [0.15, 0.2) is 0 Å². The molecule has 0 aliphatic carbocycles. The first-order chi connectivity index (χ1) is 9.43. The van der Waals surface area contributed by atoms with E-state index in [1.54, 1.807) is 56.3 Å². The van der Waals surface area contributed by atoms with E-state index in [2.05, 4.69) is 0 Å². The zero-order chi connectivity index (χ0) is 14.8. The molecule has 0 aliphatic heterocycles. The average Bonchev–Trinajstić information content (AvgIpc) is 2.47. The molecule has 2 rings (SSSR count). The van der Waals surface area contributed by atoms with Gasteiger partial charge in [0.05, 0.1) is 9.79 Å². The van der Waals surface area contributed by atoms with Crippen LogP contribution in [0, 0.1) is 0 Å². The second-order valence-corrected chi connectivity index (χ2v) is 6.64. The van der Waals surface area contributed by atoms with Gasteiger partial charge in [-0.25, -0.2) is 8.42 Å². The molecular formula is C16H16O3S. The Bertz CT molecular complexity index is 723. The van der Waals surface area contributed by atoms with E-state index < -0.39 is 9.84 Å². The van der Waals surface area contributed by atoms with Crippen molar-refractivity contribution in [2.45, 2.75) is 23.6 Å². The van der Waals surface area contributed by atoms with Crippen LogP contribution in [-0.4, -0.2) is 13.5 Å². The fourth-order valence-corrected chi connectivity index (χ4v) is 3.10. The Hall–Kier alpha value is -2.07. The Labute approximate surface area is 119 Å². The maximum atomic E-state index is 12.4. The van der Waals surface area contributed by atoms with E-state index in [0.717, 1.165) is 5.57 Å². The predicted octanol–water partition coefficient (Wildman–Crippen LogP) is 3.83. The van der Waals surface area contributed by atoms with Crippen LogP contribution >= 0.6 is 0 Å². The van der Waals surface area contributed by atoms with Crippen molar-refractivity contribution >= 4 is 15.6 Å². The summed E-state index contributed by atoms with van der Waals surface area (Å²) in [7, 11) is -3.50. The van der Waals surface area contributed by atoms with Gasteiger partial charge >= 0.3 is 0 Å². The number of sulfone groups is 1. The van der Waals surface area contributed by atoms with E-state index in [9.17, 15) is 13.5 Å². The molecule has 0 spiro atoms. The van der Waals surface area contributed by atoms with Crippen LogP contribution in [0.4, 0.5) is 0 Å². The van der Waals surface area contributed by atoms with Crippen LogP contribution in [0.2, 0.25) is 0 Å². The minimum absolute atomic E-state index is 0.175. The van der Waals surface area contributed by atoms with E-state index in [-0.39, 0.29) is 15.6 Å². The van der Waals surface area contributed by atoms with Crippen LogP contribution in [0.3, 0.4) is 0 Å². The molecule has 0 unspecified atom stereocenters. The summed E-state index contributed by atoms with van der Waals surface area (Å²) in [6.45, 7) is 3.59. The van der Waals surface area contributed by atoms with E-state index >= 15 is 0 Å². The van der Waals surface area contributed by atoms with Crippen molar-refractivity contribution in [3.63, 3.8) is 0 Å². The number of aliphatic hydroxyl groups excluding tert-OH is 1. The minimum atomic E-state index is -3.50. The number of rotatable bonds is 3. The fourth-order valence-electron chi connectivity index (χ4n) is 1.82. The zero-order valence-electron chi connectivity index (χ0n) is 11.4. The lowest BCUT2D eigenvalue weighted by atomic mass is 10.1. The van der Waals surface area contributed by atoms with Gasteiger partial charge in [-0.1, -0.05) is 18.2 Å². The van der Waals surface area contributed by atoms with Gasteiger partial charge in [-0.3, -0.25) is 0 Å². The summed E-state index contributed by atoms with van der Waals surface area (Å²) >= 11 is 0. The van der Waals surface area contributed by atoms with Crippen LogP contribution < -0.4 is 0 Å². The first-order valence-corrected chi connectivity index (χ1v) is 7.68. The van der Waals surface area contributed by atoms with Gasteiger partial charge in [0.25, 0.3) is 0 Å². The van der Waals surface area contributed by atoms with E-state index in [1.807, 2.05) is 0 Å². The smallest absolute Gasteiger partial charge is 0.206 e. The summed E-state index contributed by atoms with van der Waals surface area (Å²) < 4.78 is 24.7. The van der Waals surface area contributed by atoms with Crippen LogP contribution in [0.25, 0.3) is 5.76 Å². The standard InChI is InChI=1S/C16H16O3S/c1-12(2)16(17)13-8-10-15(11-9-13)20(18,19)14-6-4-3-5-7-14/h3-11,17H,1-2H3. The van der Waals surface area contributed by atoms with Gasteiger partial charge in [0, 0.05) is 5.56 Å². The molecule has 0 aliphatic rings. The third-order valence-corrected chi connectivity index (χ3v) is 4.75. The minimum Gasteiger partial charge on any atom is -0.507 e. The zero-order valence-corrected chi connectivity index (χ0v) is 12.2. The van der Waals surface area contributed by atoms with Crippen molar-refractivity contribution in [3.05, 3.63) is 65.7 Å². The highest BCUT2D eigenvalue weighted by Crippen LogP contribution is 2.23. The van der Waals surface area contributed by atoms with Crippen LogP contribution in [0.5, 0.6) is 0 Å². The van der Waals surface area contributed by atoms with E-state index in [1.165, 1.54) is 12.1 Å². The SMILES string of the molecule is CC(C)=C(O)c1ccc(S(=O)(=O)c2ccccc2)cc1. The molecule has 3 nitrogen and oxygen atoms in total. The third kappa shape index (κ3) is 2.75. The van der Waals surface area contributed by atoms with Gasteiger partial charge in [0.2, 0.25) is 9.84 Å². The molecule has 1 N–H and O–H groups in total. The molecule has 0 aromatic heterocycles. The quantitative estimate of drug-likeness (QED) is 0.873. The molecular weight excluding hydrogens is 272 g/mol. The van der Waals surface area contributed by atoms with Crippen molar-refractivity contribution < 1.29 is 13.5 Å². The van der Waals surface area contributed by atoms with Crippen molar-refractivity contribution in [1.29, 1.82) is 0 Å². The Morgan fingerprint density at radius 3 is 1.85 bits per heavy atom. The van der Waals surface area contributed by atoms with Crippen LogP contribution in [0.15, 0.2) is 70.0 Å². The highest BCUT2D eigenvalue weighted by atomic mass is 32.2. The summed E-state index contributed by atoms with van der Waals surface area (Å²) in [5, 5.41) is 9.84. The van der Waals surface area contributed by atoms with E-state index in [0.29, 0.717) is 5.56 Å². The number of aliphatic hydroxyl groups is 1. The Morgan fingerprint density at radius 2 is 1.35 bits per heavy atom. The molecule has 2 aromatic carbocycles. The van der Waals surface area contributed by atoms with Gasteiger partial charge in [-0.2, -0.15) is 0 Å². The molecule has 0 saturated heterocycles. The van der Waals surface area contributed by atoms with E-state index in [4.69, 9.17) is 0 Å². The molecule has 0 radical (unpaired) electrons. The third-order valence-electron chi connectivity index (χ3n) is 2.97. The maximum Gasteiger partial charge on any atom is 0.206 e. The van der Waals surface area contributed by atoms with Crippen molar-refractivity contribution in [1.82, 2.24) is 0 Å². The van der Waals surface area contributed by atoms with Crippen LogP contribution in [-0.2, 0) is 9.84 Å². The average molecular weight is 288 g/mol. The first kappa shape index (κ1) is 14.3. The van der Waals surface area contributed by atoms with Crippen molar-refractivity contribution in [2.75, 3.05) is 0 Å². The number of hydrogen-bond donors (Lipinski definition) is 1. The predicted molar refractivity (Wildman–Crippen MR) is 79.2 cm³/mol. The van der Waals surface area contributed by atoms with Gasteiger partial charge in [0.1, 0.15) is 5.76 Å². The molecule has 0 heterocycles.